The van der Waals surface area contributed by atoms with Gasteiger partial charge in [0.05, 0.1) is 44.0 Å². The molecule has 1 aliphatic heterocycles. The van der Waals surface area contributed by atoms with Crippen molar-refractivity contribution in [1.29, 1.82) is 0 Å². The van der Waals surface area contributed by atoms with Gasteiger partial charge < -0.3 is 19.5 Å². The number of carbonyl (C=O) groups is 3. The number of anilines is 1. The lowest BCUT2D eigenvalue weighted by atomic mass is 10.1. The van der Waals surface area contributed by atoms with E-state index in [-0.39, 0.29) is 18.2 Å². The summed E-state index contributed by atoms with van der Waals surface area (Å²) in [6.45, 7) is 5.46. The van der Waals surface area contributed by atoms with Crippen LogP contribution in [-0.2, 0) is 20.7 Å². The molecular weight excluding hydrogens is 412 g/mol. The quantitative estimate of drug-likeness (QED) is 0.448. The van der Waals surface area contributed by atoms with E-state index in [0.717, 1.165) is 10.5 Å². The van der Waals surface area contributed by atoms with Gasteiger partial charge in [0, 0.05) is 0 Å². The van der Waals surface area contributed by atoms with Gasteiger partial charge in [0.25, 0.3) is 5.91 Å². The molecule has 32 heavy (non-hydrogen) atoms. The molecule has 2 aromatic rings. The van der Waals surface area contributed by atoms with Crippen molar-refractivity contribution >= 4 is 23.5 Å². The lowest BCUT2D eigenvalue weighted by Crippen LogP contribution is -2.39. The summed E-state index contributed by atoms with van der Waals surface area (Å²) in [6.07, 6.45) is 0.753. The fourth-order valence-corrected chi connectivity index (χ4v) is 3.57. The van der Waals surface area contributed by atoms with E-state index < -0.39 is 12.0 Å². The average molecular weight is 440 g/mol. The first-order chi connectivity index (χ1) is 15.5. The van der Waals surface area contributed by atoms with Crippen molar-refractivity contribution in [1.82, 2.24) is 5.32 Å². The van der Waals surface area contributed by atoms with Gasteiger partial charge in [-0.05, 0) is 68.8 Å². The first kappa shape index (κ1) is 23.3. The Morgan fingerprint density at radius 2 is 1.72 bits per heavy atom. The number of ether oxygens (including phenoxy) is 3. The minimum atomic E-state index is -0.586. The van der Waals surface area contributed by atoms with Gasteiger partial charge in [-0.25, -0.2) is 9.69 Å². The summed E-state index contributed by atoms with van der Waals surface area (Å²) < 4.78 is 15.9. The highest BCUT2D eigenvalue weighted by Crippen LogP contribution is 2.29. The van der Waals surface area contributed by atoms with E-state index in [2.05, 4.69) is 10.1 Å². The van der Waals surface area contributed by atoms with Crippen LogP contribution in [0.5, 0.6) is 11.5 Å². The summed E-state index contributed by atoms with van der Waals surface area (Å²) in [6, 6.07) is 11.4. The van der Waals surface area contributed by atoms with Crippen LogP contribution in [0.25, 0.3) is 0 Å². The van der Waals surface area contributed by atoms with E-state index in [1.54, 1.807) is 12.1 Å². The number of amides is 2. The Kier molecular flexibility index (Phi) is 7.83. The molecule has 0 saturated carbocycles. The maximum atomic E-state index is 12.8. The Labute approximate surface area is 187 Å². The predicted molar refractivity (Wildman–Crippen MR) is 119 cm³/mol. The third kappa shape index (κ3) is 5.26. The molecule has 1 fully saturated rings. The standard InChI is InChI=1S/C24H28N2O6/c1-4-31-20-11-6-16(14-21(20)32-5-2)12-13-25-19-15-22(27)26(23(19)28)18-9-7-17(8-10-18)24(29)30-3/h6-11,14,19,25H,4-5,12-13,15H2,1-3H3/t19-/m1/s1. The van der Waals surface area contributed by atoms with Crippen LogP contribution in [0, 0.1) is 0 Å². The minimum absolute atomic E-state index is 0.0884. The van der Waals surface area contributed by atoms with Crippen LogP contribution in [0.1, 0.15) is 36.2 Å². The van der Waals surface area contributed by atoms with Gasteiger partial charge in [0.1, 0.15) is 0 Å². The number of imide groups is 1. The fraction of sp³-hybridized carbons (Fsp3) is 0.375. The lowest BCUT2D eigenvalue weighted by molar-refractivity contribution is -0.121. The Morgan fingerprint density at radius 3 is 2.38 bits per heavy atom. The Hall–Kier alpha value is -3.39. The monoisotopic (exact) mass is 440 g/mol. The highest BCUT2D eigenvalue weighted by molar-refractivity contribution is 6.22. The largest absolute Gasteiger partial charge is 0.490 e. The van der Waals surface area contributed by atoms with Gasteiger partial charge in [-0.3, -0.25) is 9.59 Å². The average Bonchev–Trinajstić information content (AvgIpc) is 3.08. The lowest BCUT2D eigenvalue weighted by Gasteiger charge is -2.16. The van der Waals surface area contributed by atoms with Crippen molar-refractivity contribution in [3.05, 3.63) is 53.6 Å². The summed E-state index contributed by atoms with van der Waals surface area (Å²) in [5.74, 6) is 0.342. The Bertz CT molecular complexity index is 973. The molecule has 1 saturated heterocycles. The molecule has 0 radical (unpaired) electrons. The molecule has 8 nitrogen and oxygen atoms in total. The van der Waals surface area contributed by atoms with E-state index in [1.807, 2.05) is 32.0 Å². The third-order valence-corrected chi connectivity index (χ3v) is 5.11. The molecule has 2 aromatic carbocycles. The zero-order valence-electron chi connectivity index (χ0n) is 18.6. The van der Waals surface area contributed by atoms with E-state index in [0.29, 0.717) is 48.9 Å². The molecule has 3 rings (SSSR count). The molecule has 1 aliphatic rings. The van der Waals surface area contributed by atoms with Crippen molar-refractivity contribution < 1.29 is 28.6 Å². The summed E-state index contributed by atoms with van der Waals surface area (Å²) in [5, 5.41) is 3.18. The molecule has 0 unspecified atom stereocenters. The van der Waals surface area contributed by atoms with E-state index in [1.165, 1.54) is 19.2 Å². The van der Waals surface area contributed by atoms with E-state index >= 15 is 0 Å². The van der Waals surface area contributed by atoms with Crippen molar-refractivity contribution in [2.75, 3.05) is 31.8 Å². The molecule has 1 N–H and O–H groups in total. The van der Waals surface area contributed by atoms with Gasteiger partial charge in [0.15, 0.2) is 11.5 Å². The molecule has 0 aliphatic carbocycles. The van der Waals surface area contributed by atoms with E-state index in [9.17, 15) is 14.4 Å². The Morgan fingerprint density at radius 1 is 1.03 bits per heavy atom. The van der Waals surface area contributed by atoms with Gasteiger partial charge in [-0.1, -0.05) is 6.07 Å². The minimum Gasteiger partial charge on any atom is -0.490 e. The summed E-state index contributed by atoms with van der Waals surface area (Å²) in [7, 11) is 1.30. The van der Waals surface area contributed by atoms with Gasteiger partial charge in [-0.2, -0.15) is 0 Å². The van der Waals surface area contributed by atoms with Crippen LogP contribution in [-0.4, -0.2) is 50.7 Å². The second kappa shape index (κ2) is 10.8. The SMILES string of the molecule is CCOc1ccc(CCN[C@@H]2CC(=O)N(c3ccc(C(=O)OC)cc3)C2=O)cc1OCC. The molecule has 1 atom stereocenters. The molecule has 8 heteroatoms. The molecule has 0 spiro atoms. The first-order valence-electron chi connectivity index (χ1n) is 10.7. The van der Waals surface area contributed by atoms with Gasteiger partial charge >= 0.3 is 5.97 Å². The maximum absolute atomic E-state index is 12.8. The number of esters is 1. The fourth-order valence-electron chi connectivity index (χ4n) is 3.57. The number of nitrogens with one attached hydrogen (secondary N) is 1. The second-order valence-electron chi connectivity index (χ2n) is 7.21. The van der Waals surface area contributed by atoms with Gasteiger partial charge in [-0.15, -0.1) is 0 Å². The molecule has 170 valence electrons. The van der Waals surface area contributed by atoms with Crippen LogP contribution >= 0.6 is 0 Å². The van der Waals surface area contributed by atoms with Crippen LogP contribution in [0.3, 0.4) is 0 Å². The number of carbonyl (C=O) groups excluding carboxylic acids is 3. The summed E-state index contributed by atoms with van der Waals surface area (Å²) in [5.41, 5.74) is 1.83. The van der Waals surface area contributed by atoms with Crippen LogP contribution in [0.15, 0.2) is 42.5 Å². The third-order valence-electron chi connectivity index (χ3n) is 5.11. The van der Waals surface area contributed by atoms with Crippen molar-refractivity contribution in [3.8, 4) is 11.5 Å². The highest BCUT2D eigenvalue weighted by atomic mass is 16.5. The summed E-state index contributed by atoms with van der Waals surface area (Å²) in [4.78, 5) is 38.0. The van der Waals surface area contributed by atoms with Crippen LogP contribution < -0.4 is 19.7 Å². The smallest absolute Gasteiger partial charge is 0.337 e. The van der Waals surface area contributed by atoms with Crippen LogP contribution in [0.2, 0.25) is 0 Å². The predicted octanol–water partition coefficient (Wildman–Crippen LogP) is 2.73. The number of rotatable bonds is 10. The zero-order valence-corrected chi connectivity index (χ0v) is 18.6. The van der Waals surface area contributed by atoms with Crippen molar-refractivity contribution in [3.63, 3.8) is 0 Å². The van der Waals surface area contributed by atoms with Gasteiger partial charge in [0.2, 0.25) is 5.91 Å². The highest BCUT2D eigenvalue weighted by Gasteiger charge is 2.39. The van der Waals surface area contributed by atoms with E-state index in [4.69, 9.17) is 9.47 Å². The van der Waals surface area contributed by atoms with Crippen molar-refractivity contribution in [2.24, 2.45) is 0 Å². The summed E-state index contributed by atoms with van der Waals surface area (Å²) >= 11 is 0. The number of nitrogens with zero attached hydrogens (tertiary/aromatic N) is 1. The number of benzene rings is 2. The number of hydrogen-bond acceptors (Lipinski definition) is 7. The number of hydrogen-bond donors (Lipinski definition) is 1. The molecule has 1 heterocycles. The zero-order chi connectivity index (χ0) is 23.1. The topological polar surface area (TPSA) is 94.2 Å². The molecular formula is C24H28N2O6. The molecule has 0 bridgehead atoms. The maximum Gasteiger partial charge on any atom is 0.337 e. The molecule has 2 amide bonds. The number of methoxy groups -OCH3 is 1. The normalized spacial score (nSPS) is 15.7. The first-order valence-corrected chi connectivity index (χ1v) is 10.7. The molecule has 0 aromatic heterocycles. The van der Waals surface area contributed by atoms with Crippen LogP contribution in [0.4, 0.5) is 5.69 Å². The second-order valence-corrected chi connectivity index (χ2v) is 7.21. The Balaban J connectivity index is 1.60. The van der Waals surface area contributed by atoms with Crippen molar-refractivity contribution in [2.45, 2.75) is 32.7 Å².